The Hall–Kier alpha value is -1.39. The van der Waals surface area contributed by atoms with E-state index in [1.54, 1.807) is 11.3 Å². The van der Waals surface area contributed by atoms with E-state index in [2.05, 4.69) is 53.7 Å². The molecule has 0 amide bonds. The number of nitrogens with one attached hydrogen (secondary N) is 2. The number of aromatic nitrogens is 1. The SMILES string of the molecule is CCNC(=NCc1nc(C)c(C)s1)NCC1(c2ccc(OCC)cc2)CCOCC1.I. The van der Waals surface area contributed by atoms with Crippen LogP contribution in [0.25, 0.3) is 0 Å². The normalized spacial score (nSPS) is 15.8. The minimum absolute atomic E-state index is 0. The number of ether oxygens (including phenoxy) is 2. The average Bonchev–Trinajstić information content (AvgIpc) is 3.09. The lowest BCUT2D eigenvalue weighted by atomic mass is 9.74. The lowest BCUT2D eigenvalue weighted by Crippen LogP contribution is -2.48. The average molecular weight is 559 g/mol. The summed E-state index contributed by atoms with van der Waals surface area (Å²) in [5.41, 5.74) is 2.44. The third kappa shape index (κ3) is 7.05. The Morgan fingerprint density at radius 1 is 1.16 bits per heavy atom. The number of rotatable bonds is 8. The van der Waals surface area contributed by atoms with Crippen LogP contribution in [-0.4, -0.2) is 43.9 Å². The zero-order valence-corrected chi connectivity index (χ0v) is 22.1. The first-order valence-corrected chi connectivity index (χ1v) is 11.6. The molecular formula is C23H35IN4O2S. The minimum atomic E-state index is 0. The van der Waals surface area contributed by atoms with Crippen molar-refractivity contribution in [3.63, 3.8) is 0 Å². The smallest absolute Gasteiger partial charge is 0.191 e. The van der Waals surface area contributed by atoms with Gasteiger partial charge in [-0.15, -0.1) is 35.3 Å². The number of aryl methyl sites for hydroxylation is 2. The molecule has 1 aromatic heterocycles. The zero-order valence-electron chi connectivity index (χ0n) is 19.0. The summed E-state index contributed by atoms with van der Waals surface area (Å²) in [5.74, 6) is 1.75. The molecule has 0 aliphatic carbocycles. The molecule has 3 rings (SSSR count). The quantitative estimate of drug-likeness (QED) is 0.282. The molecule has 172 valence electrons. The van der Waals surface area contributed by atoms with Crippen molar-refractivity contribution >= 4 is 41.3 Å². The molecule has 1 saturated heterocycles. The maximum Gasteiger partial charge on any atom is 0.191 e. The van der Waals surface area contributed by atoms with E-state index in [1.165, 1.54) is 10.4 Å². The van der Waals surface area contributed by atoms with Gasteiger partial charge >= 0.3 is 0 Å². The molecule has 2 N–H and O–H groups in total. The maximum absolute atomic E-state index is 5.68. The van der Waals surface area contributed by atoms with Gasteiger partial charge in [-0.3, -0.25) is 0 Å². The Morgan fingerprint density at radius 2 is 1.87 bits per heavy atom. The van der Waals surface area contributed by atoms with Gasteiger partial charge in [0.15, 0.2) is 5.96 Å². The van der Waals surface area contributed by atoms with Gasteiger partial charge in [0.05, 0.1) is 18.8 Å². The molecule has 31 heavy (non-hydrogen) atoms. The summed E-state index contributed by atoms with van der Waals surface area (Å²) in [7, 11) is 0. The Kier molecular flexibility index (Phi) is 10.5. The van der Waals surface area contributed by atoms with Crippen molar-refractivity contribution in [2.24, 2.45) is 4.99 Å². The van der Waals surface area contributed by atoms with Crippen molar-refractivity contribution in [2.45, 2.75) is 52.5 Å². The van der Waals surface area contributed by atoms with E-state index in [0.29, 0.717) is 13.2 Å². The minimum Gasteiger partial charge on any atom is -0.494 e. The third-order valence-electron chi connectivity index (χ3n) is 5.61. The van der Waals surface area contributed by atoms with Crippen molar-refractivity contribution in [3.05, 3.63) is 45.4 Å². The van der Waals surface area contributed by atoms with Crippen LogP contribution in [0.15, 0.2) is 29.3 Å². The lowest BCUT2D eigenvalue weighted by molar-refractivity contribution is 0.0513. The Labute approximate surface area is 207 Å². The number of thiazole rings is 1. The highest BCUT2D eigenvalue weighted by Gasteiger charge is 2.34. The van der Waals surface area contributed by atoms with Crippen molar-refractivity contribution in [1.29, 1.82) is 0 Å². The molecule has 0 atom stereocenters. The molecule has 2 heterocycles. The van der Waals surface area contributed by atoms with Crippen LogP contribution in [0.1, 0.15) is 47.8 Å². The summed E-state index contributed by atoms with van der Waals surface area (Å²) < 4.78 is 11.3. The molecule has 0 unspecified atom stereocenters. The molecular weight excluding hydrogens is 523 g/mol. The fourth-order valence-corrected chi connectivity index (χ4v) is 4.61. The molecule has 1 fully saturated rings. The van der Waals surface area contributed by atoms with Gasteiger partial charge in [-0.1, -0.05) is 12.1 Å². The predicted molar refractivity (Wildman–Crippen MR) is 139 cm³/mol. The van der Waals surface area contributed by atoms with Gasteiger partial charge in [-0.25, -0.2) is 9.98 Å². The van der Waals surface area contributed by atoms with Crippen LogP contribution >= 0.6 is 35.3 Å². The lowest BCUT2D eigenvalue weighted by Gasteiger charge is -2.38. The summed E-state index contributed by atoms with van der Waals surface area (Å²) >= 11 is 1.72. The van der Waals surface area contributed by atoms with Crippen molar-refractivity contribution in [2.75, 3.05) is 32.9 Å². The monoisotopic (exact) mass is 558 g/mol. The van der Waals surface area contributed by atoms with E-state index in [9.17, 15) is 0 Å². The highest BCUT2D eigenvalue weighted by molar-refractivity contribution is 14.0. The number of benzene rings is 1. The van der Waals surface area contributed by atoms with Gasteiger partial charge in [0.2, 0.25) is 0 Å². The molecule has 8 heteroatoms. The Bertz CT molecular complexity index is 813. The molecule has 2 aromatic rings. The van der Waals surface area contributed by atoms with E-state index < -0.39 is 0 Å². The Morgan fingerprint density at radius 3 is 2.45 bits per heavy atom. The molecule has 1 aliphatic rings. The number of nitrogens with zero attached hydrogens (tertiary/aromatic N) is 2. The van der Waals surface area contributed by atoms with E-state index in [-0.39, 0.29) is 29.4 Å². The second kappa shape index (κ2) is 12.6. The van der Waals surface area contributed by atoms with Gasteiger partial charge in [-0.05, 0) is 58.2 Å². The summed E-state index contributed by atoms with van der Waals surface area (Å²) in [4.78, 5) is 10.6. The number of hydrogen-bond donors (Lipinski definition) is 2. The second-order valence-corrected chi connectivity index (χ2v) is 8.94. The van der Waals surface area contributed by atoms with Crippen LogP contribution in [0.2, 0.25) is 0 Å². The maximum atomic E-state index is 5.68. The van der Waals surface area contributed by atoms with Crippen LogP contribution in [0.3, 0.4) is 0 Å². The Balaban J connectivity index is 0.00000341. The van der Waals surface area contributed by atoms with Gasteiger partial charge in [-0.2, -0.15) is 0 Å². The molecule has 6 nitrogen and oxygen atoms in total. The predicted octanol–water partition coefficient (Wildman–Crippen LogP) is 4.58. The van der Waals surface area contributed by atoms with E-state index >= 15 is 0 Å². The third-order valence-corrected chi connectivity index (χ3v) is 6.67. The first kappa shape index (κ1) is 25.9. The van der Waals surface area contributed by atoms with Crippen LogP contribution in [0.4, 0.5) is 0 Å². The van der Waals surface area contributed by atoms with E-state index in [1.807, 2.05) is 13.8 Å². The summed E-state index contributed by atoms with van der Waals surface area (Å²) in [6.07, 6.45) is 1.97. The van der Waals surface area contributed by atoms with Crippen LogP contribution < -0.4 is 15.4 Å². The van der Waals surface area contributed by atoms with Gasteiger partial charge in [0, 0.05) is 36.6 Å². The highest BCUT2D eigenvalue weighted by Crippen LogP contribution is 2.35. The largest absolute Gasteiger partial charge is 0.494 e. The fourth-order valence-electron chi connectivity index (χ4n) is 3.75. The second-order valence-electron chi connectivity index (χ2n) is 7.65. The van der Waals surface area contributed by atoms with Crippen molar-refractivity contribution in [3.8, 4) is 5.75 Å². The van der Waals surface area contributed by atoms with Crippen molar-refractivity contribution < 1.29 is 9.47 Å². The van der Waals surface area contributed by atoms with Gasteiger partial charge < -0.3 is 20.1 Å². The van der Waals surface area contributed by atoms with Gasteiger partial charge in [0.1, 0.15) is 10.8 Å². The first-order valence-electron chi connectivity index (χ1n) is 10.8. The van der Waals surface area contributed by atoms with Crippen LogP contribution in [0, 0.1) is 13.8 Å². The highest BCUT2D eigenvalue weighted by atomic mass is 127. The zero-order chi connectivity index (χ0) is 21.4. The standard InChI is InChI=1S/C23H34N4O2S.HI/c1-5-24-22(25-15-21-27-17(3)18(4)30-21)26-16-23(11-13-28-14-12-23)19-7-9-20(10-8-19)29-6-2;/h7-10H,5-6,11-16H2,1-4H3,(H2,24,25,26);1H. The fraction of sp³-hybridized carbons (Fsp3) is 0.565. The number of guanidine groups is 1. The van der Waals surface area contributed by atoms with Crippen molar-refractivity contribution in [1.82, 2.24) is 15.6 Å². The molecule has 0 radical (unpaired) electrons. The number of halogens is 1. The first-order chi connectivity index (χ1) is 14.6. The summed E-state index contributed by atoms with van der Waals surface area (Å²) in [6.45, 7) is 12.7. The van der Waals surface area contributed by atoms with Crippen LogP contribution in [-0.2, 0) is 16.7 Å². The van der Waals surface area contributed by atoms with Crippen LogP contribution in [0.5, 0.6) is 5.75 Å². The number of aliphatic imine (C=N–C) groups is 1. The molecule has 1 aliphatic heterocycles. The molecule has 0 bridgehead atoms. The molecule has 0 spiro atoms. The summed E-state index contributed by atoms with van der Waals surface area (Å²) in [6, 6.07) is 8.54. The summed E-state index contributed by atoms with van der Waals surface area (Å²) in [5, 5.41) is 8.01. The van der Waals surface area contributed by atoms with E-state index in [4.69, 9.17) is 14.5 Å². The topological polar surface area (TPSA) is 67.8 Å². The molecule has 0 saturated carbocycles. The van der Waals surface area contributed by atoms with Gasteiger partial charge in [0.25, 0.3) is 0 Å². The van der Waals surface area contributed by atoms with E-state index in [0.717, 1.165) is 61.6 Å². The molecule has 1 aromatic carbocycles. The number of hydrogen-bond acceptors (Lipinski definition) is 5.